The Morgan fingerprint density at radius 1 is 0.500 bits per heavy atom. The van der Waals surface area contributed by atoms with E-state index in [1.807, 2.05) is 45.1 Å². The third-order valence-electron chi connectivity index (χ3n) is 8.56. The molecule has 0 bridgehead atoms. The smallest absolute Gasteiger partial charge is 0.331 e. The number of esters is 1. The highest BCUT2D eigenvalue weighted by molar-refractivity contribution is 5.82. The van der Waals surface area contributed by atoms with E-state index in [0.717, 1.165) is 0 Å². The first-order valence-corrected chi connectivity index (χ1v) is 18.0. The first-order chi connectivity index (χ1) is 23.7. The minimum absolute atomic E-state index is 0.0177. The lowest BCUT2D eigenvalue weighted by Crippen LogP contribution is -2.31. The van der Waals surface area contributed by atoms with Crippen LogP contribution in [0.5, 0.6) is 0 Å². The SMILES string of the molecule is CC(C)[C@@H]1OC(=O)C=C\C=C/C=C\C=C/C=C\C=C/C[C@@H](O)C[C@H](O)C[C@H](O)C[C@H](O)C[C@@H](O)C[C@H](O)C[C@@H](O)C[C@@H](O)C[C@@H](O)CC[C@@H]1C. The van der Waals surface area contributed by atoms with Gasteiger partial charge in [0.1, 0.15) is 6.10 Å². The van der Waals surface area contributed by atoms with E-state index >= 15 is 0 Å². The van der Waals surface area contributed by atoms with Crippen molar-refractivity contribution in [2.45, 2.75) is 152 Å². The standard InChI is InChI=1S/C39H64O11/c1-27(2)39-28(3)17-18-30(41)20-32(43)22-34(45)24-36(47)26-37(48)25-35(46)23-33(44)21-31(42)19-29(40)15-13-11-9-7-5-4-6-8-10-12-14-16-38(49)50-39/h4-14,16,27-37,39-48H,15,17-26H2,1-3H3/b5-4-,8-6-,9-7-,12-10-,13-11-,16-14?/t28-,29+,30-,31-,32-,33-,34-,35-,36+,37+,39-/m0/s1. The molecule has 9 N–H and O–H groups in total. The van der Waals surface area contributed by atoms with Crippen LogP contribution in [0.15, 0.2) is 72.9 Å². The molecule has 50 heavy (non-hydrogen) atoms. The fourth-order valence-electron chi connectivity index (χ4n) is 6.06. The average molecular weight is 709 g/mol. The van der Waals surface area contributed by atoms with Gasteiger partial charge in [-0.15, -0.1) is 0 Å². The van der Waals surface area contributed by atoms with Gasteiger partial charge in [-0.3, -0.25) is 0 Å². The Hall–Kier alpha value is -2.45. The van der Waals surface area contributed by atoms with Crippen molar-refractivity contribution < 1.29 is 55.5 Å². The molecule has 11 atom stereocenters. The van der Waals surface area contributed by atoms with Crippen LogP contribution >= 0.6 is 0 Å². The highest BCUT2D eigenvalue weighted by Gasteiger charge is 2.27. The van der Waals surface area contributed by atoms with E-state index in [1.54, 1.807) is 42.5 Å². The van der Waals surface area contributed by atoms with Crippen LogP contribution in [-0.4, -0.2) is 113 Å². The second-order valence-corrected chi connectivity index (χ2v) is 14.0. The van der Waals surface area contributed by atoms with Gasteiger partial charge in [-0.25, -0.2) is 4.79 Å². The van der Waals surface area contributed by atoms with Crippen LogP contribution in [0, 0.1) is 11.8 Å². The lowest BCUT2D eigenvalue weighted by Gasteiger charge is -2.28. The molecule has 0 aromatic heterocycles. The quantitative estimate of drug-likeness (QED) is 0.181. The van der Waals surface area contributed by atoms with E-state index in [-0.39, 0.29) is 69.3 Å². The first kappa shape index (κ1) is 45.6. The number of allylic oxidation sites excluding steroid dienone is 10. The van der Waals surface area contributed by atoms with Crippen LogP contribution in [0.4, 0.5) is 0 Å². The lowest BCUT2D eigenvalue weighted by atomic mass is 9.89. The summed E-state index contributed by atoms with van der Waals surface area (Å²) in [5.74, 6) is -0.483. The first-order valence-electron chi connectivity index (χ1n) is 18.0. The fourth-order valence-corrected chi connectivity index (χ4v) is 6.06. The highest BCUT2D eigenvalue weighted by Crippen LogP contribution is 2.24. The van der Waals surface area contributed by atoms with Crippen molar-refractivity contribution in [3.05, 3.63) is 72.9 Å². The second kappa shape index (κ2) is 26.3. The number of rotatable bonds is 1. The number of carbonyl (C=O) groups excluding carboxylic acids is 1. The Morgan fingerprint density at radius 3 is 1.24 bits per heavy atom. The average Bonchev–Trinajstić information content (AvgIpc) is 2.99. The van der Waals surface area contributed by atoms with Gasteiger partial charge < -0.3 is 50.7 Å². The summed E-state index contributed by atoms with van der Waals surface area (Å²) >= 11 is 0. The molecular weight excluding hydrogens is 644 g/mol. The molecule has 1 aliphatic rings. The molecule has 0 amide bonds. The van der Waals surface area contributed by atoms with Gasteiger partial charge >= 0.3 is 5.97 Å². The summed E-state index contributed by atoms with van der Waals surface area (Å²) < 4.78 is 5.71. The summed E-state index contributed by atoms with van der Waals surface area (Å²) in [5.41, 5.74) is 0. The molecule has 11 heteroatoms. The predicted octanol–water partition coefficient (Wildman–Crippen LogP) is 3.08. The highest BCUT2D eigenvalue weighted by atomic mass is 16.5. The van der Waals surface area contributed by atoms with E-state index in [1.165, 1.54) is 6.08 Å². The molecule has 0 unspecified atom stereocenters. The molecule has 0 aromatic rings. The Balaban J connectivity index is 2.88. The molecule has 0 fully saturated rings. The van der Waals surface area contributed by atoms with Gasteiger partial charge in [-0.2, -0.15) is 0 Å². The number of aliphatic hydroxyl groups excluding tert-OH is 9. The van der Waals surface area contributed by atoms with Crippen molar-refractivity contribution in [2.75, 3.05) is 0 Å². The molecule has 286 valence electrons. The summed E-state index contributed by atoms with van der Waals surface area (Å²) in [6.07, 6.45) is 11.9. The summed E-state index contributed by atoms with van der Waals surface area (Å²) in [7, 11) is 0. The van der Waals surface area contributed by atoms with Crippen LogP contribution in [0.25, 0.3) is 0 Å². The maximum absolute atomic E-state index is 12.5. The van der Waals surface area contributed by atoms with Crippen molar-refractivity contribution >= 4 is 5.97 Å². The Bertz CT molecular complexity index is 1080. The monoisotopic (exact) mass is 708 g/mol. The maximum atomic E-state index is 12.5. The fraction of sp³-hybridized carbons (Fsp3) is 0.667. The minimum atomic E-state index is -1.12. The lowest BCUT2D eigenvalue weighted by molar-refractivity contribution is -0.148. The van der Waals surface area contributed by atoms with E-state index in [9.17, 15) is 50.8 Å². The van der Waals surface area contributed by atoms with Crippen molar-refractivity contribution in [3.8, 4) is 0 Å². The van der Waals surface area contributed by atoms with Gasteiger partial charge in [-0.05, 0) is 82.5 Å². The Morgan fingerprint density at radius 2 is 0.840 bits per heavy atom. The van der Waals surface area contributed by atoms with Crippen LogP contribution < -0.4 is 0 Å². The number of hydrogen-bond donors (Lipinski definition) is 9. The maximum Gasteiger partial charge on any atom is 0.331 e. The van der Waals surface area contributed by atoms with Gasteiger partial charge in [0, 0.05) is 6.08 Å². The Kier molecular flexibility index (Phi) is 24.0. The third kappa shape index (κ3) is 23.1. The molecule has 0 saturated carbocycles. The van der Waals surface area contributed by atoms with Gasteiger partial charge in [-0.1, -0.05) is 87.6 Å². The van der Waals surface area contributed by atoms with E-state index in [0.29, 0.717) is 19.3 Å². The molecule has 0 aliphatic carbocycles. The van der Waals surface area contributed by atoms with Gasteiger partial charge in [0.2, 0.25) is 0 Å². The molecule has 0 spiro atoms. The summed E-state index contributed by atoms with van der Waals surface area (Å²) in [6.45, 7) is 5.86. The topological polar surface area (TPSA) is 208 Å². The van der Waals surface area contributed by atoms with Crippen LogP contribution in [-0.2, 0) is 9.53 Å². The molecule has 1 rings (SSSR count). The molecule has 1 heterocycles. The zero-order valence-electron chi connectivity index (χ0n) is 30.0. The second-order valence-electron chi connectivity index (χ2n) is 14.0. The third-order valence-corrected chi connectivity index (χ3v) is 8.56. The Labute approximate surface area is 298 Å². The zero-order chi connectivity index (χ0) is 37.5. The van der Waals surface area contributed by atoms with Crippen LogP contribution in [0.3, 0.4) is 0 Å². The normalized spacial score (nSPS) is 38.4. The summed E-state index contributed by atoms with van der Waals surface area (Å²) in [6, 6.07) is 0. The molecule has 0 radical (unpaired) electrons. The number of hydrogen-bond acceptors (Lipinski definition) is 11. The molecule has 11 nitrogen and oxygen atoms in total. The van der Waals surface area contributed by atoms with E-state index in [4.69, 9.17) is 4.74 Å². The molecule has 1 aliphatic heterocycles. The van der Waals surface area contributed by atoms with Crippen molar-refractivity contribution in [1.82, 2.24) is 0 Å². The summed E-state index contributed by atoms with van der Waals surface area (Å²) in [5, 5.41) is 93.2. The van der Waals surface area contributed by atoms with E-state index in [2.05, 4.69) is 0 Å². The van der Waals surface area contributed by atoms with Crippen LogP contribution in [0.1, 0.15) is 91.4 Å². The van der Waals surface area contributed by atoms with Gasteiger partial charge in [0.25, 0.3) is 0 Å². The van der Waals surface area contributed by atoms with Crippen molar-refractivity contribution in [3.63, 3.8) is 0 Å². The van der Waals surface area contributed by atoms with E-state index < -0.39 is 60.9 Å². The van der Waals surface area contributed by atoms with Gasteiger partial charge in [0.15, 0.2) is 0 Å². The van der Waals surface area contributed by atoms with Crippen molar-refractivity contribution in [1.29, 1.82) is 0 Å². The molecular formula is C39H64O11. The molecule has 0 saturated heterocycles. The summed E-state index contributed by atoms with van der Waals surface area (Å²) in [4.78, 5) is 12.5. The number of aliphatic hydroxyl groups is 9. The number of ether oxygens (including phenoxy) is 1. The minimum Gasteiger partial charge on any atom is -0.459 e. The predicted molar refractivity (Wildman–Crippen MR) is 194 cm³/mol. The zero-order valence-corrected chi connectivity index (χ0v) is 30.0. The van der Waals surface area contributed by atoms with Crippen molar-refractivity contribution in [2.24, 2.45) is 11.8 Å². The van der Waals surface area contributed by atoms with Crippen LogP contribution in [0.2, 0.25) is 0 Å². The largest absolute Gasteiger partial charge is 0.459 e. The number of carbonyl (C=O) groups is 1. The van der Waals surface area contributed by atoms with Gasteiger partial charge in [0.05, 0.1) is 54.9 Å². The number of cyclic esters (lactones) is 1. The molecule has 0 aromatic carbocycles.